The Morgan fingerprint density at radius 3 is 2.80 bits per heavy atom. The summed E-state index contributed by atoms with van der Waals surface area (Å²) in [7, 11) is 0. The summed E-state index contributed by atoms with van der Waals surface area (Å²) in [6, 6.07) is 1.75. The molecular formula is C9H11NO4S. The van der Waals surface area contributed by atoms with Crippen molar-refractivity contribution in [3.05, 3.63) is 22.4 Å². The van der Waals surface area contributed by atoms with E-state index in [1.54, 1.807) is 11.4 Å². The second kappa shape index (κ2) is 5.47. The SMILES string of the molecule is O=C(O)CC(=O)NCC(O)c1ccsc1. The number of aliphatic carboxylic acids is 1. The van der Waals surface area contributed by atoms with Crippen LogP contribution in [-0.2, 0) is 9.59 Å². The number of carboxylic acid groups (broad SMARTS) is 1. The molecule has 1 aromatic rings. The number of carbonyl (C=O) groups is 2. The Bertz CT molecular complexity index is 336. The molecule has 1 rings (SSSR count). The van der Waals surface area contributed by atoms with Crippen LogP contribution in [0.25, 0.3) is 0 Å². The Morgan fingerprint density at radius 1 is 1.53 bits per heavy atom. The Hall–Kier alpha value is -1.40. The van der Waals surface area contributed by atoms with Gasteiger partial charge in [0.25, 0.3) is 0 Å². The van der Waals surface area contributed by atoms with Gasteiger partial charge in [0, 0.05) is 6.54 Å². The minimum atomic E-state index is -1.18. The lowest BCUT2D eigenvalue weighted by molar-refractivity contribution is -0.140. The lowest BCUT2D eigenvalue weighted by Crippen LogP contribution is -2.29. The van der Waals surface area contributed by atoms with Crippen LogP contribution < -0.4 is 5.32 Å². The number of thiophene rings is 1. The van der Waals surface area contributed by atoms with Gasteiger partial charge in [0.2, 0.25) is 5.91 Å². The van der Waals surface area contributed by atoms with E-state index in [0.717, 1.165) is 5.56 Å². The van der Waals surface area contributed by atoms with E-state index in [9.17, 15) is 14.7 Å². The van der Waals surface area contributed by atoms with E-state index >= 15 is 0 Å². The number of aliphatic hydroxyl groups excluding tert-OH is 1. The van der Waals surface area contributed by atoms with E-state index in [4.69, 9.17) is 5.11 Å². The van der Waals surface area contributed by atoms with Gasteiger partial charge in [-0.2, -0.15) is 11.3 Å². The van der Waals surface area contributed by atoms with Crippen molar-refractivity contribution < 1.29 is 19.8 Å². The molecule has 1 heterocycles. The molecule has 0 bridgehead atoms. The third-order valence-electron chi connectivity index (χ3n) is 1.73. The highest BCUT2D eigenvalue weighted by Gasteiger charge is 2.11. The van der Waals surface area contributed by atoms with Gasteiger partial charge in [-0.25, -0.2) is 0 Å². The van der Waals surface area contributed by atoms with E-state index in [1.165, 1.54) is 11.3 Å². The van der Waals surface area contributed by atoms with E-state index in [2.05, 4.69) is 5.32 Å². The van der Waals surface area contributed by atoms with Crippen LogP contribution in [0.4, 0.5) is 0 Å². The molecule has 0 aromatic carbocycles. The molecule has 0 aliphatic rings. The van der Waals surface area contributed by atoms with E-state index in [1.807, 2.05) is 5.38 Å². The monoisotopic (exact) mass is 229 g/mol. The smallest absolute Gasteiger partial charge is 0.312 e. The zero-order valence-corrected chi connectivity index (χ0v) is 8.66. The van der Waals surface area contributed by atoms with Gasteiger partial charge in [0.05, 0.1) is 6.10 Å². The summed E-state index contributed by atoms with van der Waals surface area (Å²) in [5.74, 6) is -1.78. The number of hydrogen-bond donors (Lipinski definition) is 3. The van der Waals surface area contributed by atoms with Gasteiger partial charge >= 0.3 is 5.97 Å². The van der Waals surface area contributed by atoms with Crippen molar-refractivity contribution in [2.75, 3.05) is 6.54 Å². The summed E-state index contributed by atoms with van der Waals surface area (Å²) in [6.07, 6.45) is -1.36. The molecule has 3 N–H and O–H groups in total. The highest BCUT2D eigenvalue weighted by molar-refractivity contribution is 7.07. The van der Waals surface area contributed by atoms with Crippen LogP contribution in [0.3, 0.4) is 0 Å². The average molecular weight is 229 g/mol. The molecule has 5 nitrogen and oxygen atoms in total. The largest absolute Gasteiger partial charge is 0.481 e. The summed E-state index contributed by atoms with van der Waals surface area (Å²) in [6.45, 7) is 0.0306. The molecule has 15 heavy (non-hydrogen) atoms. The fourth-order valence-corrected chi connectivity index (χ4v) is 1.70. The molecule has 0 saturated heterocycles. The molecule has 0 aliphatic carbocycles. The second-order valence-electron chi connectivity index (χ2n) is 2.95. The molecule has 0 saturated carbocycles. The molecule has 1 aromatic heterocycles. The van der Waals surface area contributed by atoms with Gasteiger partial charge in [-0.15, -0.1) is 0 Å². The Morgan fingerprint density at radius 2 is 2.27 bits per heavy atom. The Labute approximate surface area is 90.4 Å². The molecular weight excluding hydrogens is 218 g/mol. The predicted molar refractivity (Wildman–Crippen MR) is 54.5 cm³/mol. The topological polar surface area (TPSA) is 86.6 Å². The third-order valence-corrected chi connectivity index (χ3v) is 2.43. The zero-order valence-electron chi connectivity index (χ0n) is 7.84. The molecule has 1 atom stereocenters. The van der Waals surface area contributed by atoms with Gasteiger partial charge in [-0.05, 0) is 22.4 Å². The molecule has 6 heteroatoms. The van der Waals surface area contributed by atoms with Gasteiger partial charge in [-0.1, -0.05) is 0 Å². The summed E-state index contributed by atoms with van der Waals surface area (Å²) in [4.78, 5) is 21.1. The molecule has 0 fully saturated rings. The number of hydrogen-bond acceptors (Lipinski definition) is 4. The first-order valence-corrected chi connectivity index (χ1v) is 5.22. The molecule has 82 valence electrons. The van der Waals surface area contributed by atoms with Gasteiger partial charge < -0.3 is 15.5 Å². The summed E-state index contributed by atoms with van der Waals surface area (Å²) in [5.41, 5.74) is 0.718. The molecule has 0 radical (unpaired) electrons. The van der Waals surface area contributed by atoms with Crippen LogP contribution in [0.15, 0.2) is 16.8 Å². The summed E-state index contributed by atoms with van der Waals surface area (Å²) >= 11 is 1.45. The molecule has 1 unspecified atom stereocenters. The van der Waals surface area contributed by atoms with Crippen LogP contribution >= 0.6 is 11.3 Å². The highest BCUT2D eigenvalue weighted by atomic mass is 32.1. The zero-order chi connectivity index (χ0) is 11.3. The van der Waals surface area contributed by atoms with E-state index < -0.39 is 24.4 Å². The van der Waals surface area contributed by atoms with Crippen molar-refractivity contribution in [3.8, 4) is 0 Å². The minimum absolute atomic E-state index is 0.0306. The summed E-state index contributed by atoms with van der Waals surface area (Å²) in [5, 5.41) is 23.8. The van der Waals surface area contributed by atoms with E-state index in [0.29, 0.717) is 0 Å². The third kappa shape index (κ3) is 4.09. The van der Waals surface area contributed by atoms with Crippen LogP contribution in [0.1, 0.15) is 18.1 Å². The quantitative estimate of drug-likeness (QED) is 0.637. The lowest BCUT2D eigenvalue weighted by Gasteiger charge is -2.09. The van der Waals surface area contributed by atoms with Gasteiger partial charge in [0.1, 0.15) is 6.42 Å². The van der Waals surface area contributed by atoms with Crippen molar-refractivity contribution in [1.82, 2.24) is 5.32 Å². The van der Waals surface area contributed by atoms with Gasteiger partial charge in [-0.3, -0.25) is 9.59 Å². The van der Waals surface area contributed by atoms with Crippen LogP contribution in [-0.4, -0.2) is 28.6 Å². The maximum absolute atomic E-state index is 10.9. The first-order valence-electron chi connectivity index (χ1n) is 4.28. The predicted octanol–water partition coefficient (Wildman–Crippen LogP) is 0.372. The van der Waals surface area contributed by atoms with Crippen LogP contribution in [0.5, 0.6) is 0 Å². The molecule has 0 spiro atoms. The molecule has 1 amide bonds. The van der Waals surface area contributed by atoms with Crippen molar-refractivity contribution >= 4 is 23.2 Å². The number of carbonyl (C=O) groups excluding carboxylic acids is 1. The number of aliphatic hydroxyl groups is 1. The fraction of sp³-hybridized carbons (Fsp3) is 0.333. The average Bonchev–Trinajstić information content (AvgIpc) is 2.65. The fourth-order valence-electron chi connectivity index (χ4n) is 0.993. The van der Waals surface area contributed by atoms with Crippen molar-refractivity contribution in [3.63, 3.8) is 0 Å². The Balaban J connectivity index is 2.31. The lowest BCUT2D eigenvalue weighted by atomic mass is 10.2. The standard InChI is InChI=1S/C9H11NO4S/c11-7(6-1-2-15-5-6)4-10-8(12)3-9(13)14/h1-2,5,7,11H,3-4H2,(H,10,12)(H,13,14). The summed E-state index contributed by atoms with van der Waals surface area (Å²) < 4.78 is 0. The van der Waals surface area contributed by atoms with E-state index in [-0.39, 0.29) is 6.54 Å². The normalized spacial score (nSPS) is 12.1. The molecule has 0 aliphatic heterocycles. The Kier molecular flexibility index (Phi) is 4.26. The first-order chi connectivity index (χ1) is 7.09. The highest BCUT2D eigenvalue weighted by Crippen LogP contribution is 2.14. The maximum atomic E-state index is 10.9. The maximum Gasteiger partial charge on any atom is 0.312 e. The van der Waals surface area contributed by atoms with Crippen LogP contribution in [0, 0.1) is 0 Å². The minimum Gasteiger partial charge on any atom is -0.481 e. The number of carboxylic acids is 1. The number of rotatable bonds is 5. The van der Waals surface area contributed by atoms with Crippen molar-refractivity contribution in [2.24, 2.45) is 0 Å². The second-order valence-corrected chi connectivity index (χ2v) is 3.73. The number of nitrogens with one attached hydrogen (secondary N) is 1. The van der Waals surface area contributed by atoms with Crippen molar-refractivity contribution in [2.45, 2.75) is 12.5 Å². The number of amides is 1. The van der Waals surface area contributed by atoms with Gasteiger partial charge in [0.15, 0.2) is 0 Å². The van der Waals surface area contributed by atoms with Crippen LogP contribution in [0.2, 0.25) is 0 Å². The van der Waals surface area contributed by atoms with Crippen molar-refractivity contribution in [1.29, 1.82) is 0 Å². The first kappa shape index (κ1) is 11.7.